The second-order valence-electron chi connectivity index (χ2n) is 5.36. The van der Waals surface area contributed by atoms with E-state index in [9.17, 15) is 14.0 Å². The smallest absolute Gasteiger partial charge is 0.261 e. The minimum absolute atomic E-state index is 0.114. The highest BCUT2D eigenvalue weighted by Gasteiger charge is 2.35. The third-order valence-electron chi connectivity index (χ3n) is 3.68. The van der Waals surface area contributed by atoms with E-state index >= 15 is 0 Å². The standard InChI is InChI=1S/C17H15FN2O2.HIS/c18-12-5-3-4-11(8-12)9-13(19)10-20-16(21)14-6-1-2-7-15(14)17(20)22;1-2/h1-8,13H,9-10,19H2;2H. The number of hydrogen-bond donors (Lipinski definition) is 2. The second-order valence-corrected chi connectivity index (χ2v) is 5.36. The number of benzene rings is 2. The normalized spacial score (nSPS) is 14.1. The number of imide groups is 1. The summed E-state index contributed by atoms with van der Waals surface area (Å²) in [5.74, 6) is -0.976. The van der Waals surface area contributed by atoms with E-state index in [-0.39, 0.29) is 24.2 Å². The van der Waals surface area contributed by atoms with Gasteiger partial charge in [-0.15, -0.1) is 9.80 Å². The Morgan fingerprint density at radius 2 is 1.62 bits per heavy atom. The van der Waals surface area contributed by atoms with Gasteiger partial charge >= 0.3 is 0 Å². The molecular formula is C17H16FIN2O2S. The zero-order valence-electron chi connectivity index (χ0n) is 12.7. The Bertz CT molecular complexity index is 722. The topological polar surface area (TPSA) is 63.4 Å². The zero-order valence-corrected chi connectivity index (χ0v) is 15.7. The van der Waals surface area contributed by atoms with E-state index in [1.165, 1.54) is 12.1 Å². The molecule has 3 rings (SSSR count). The van der Waals surface area contributed by atoms with Crippen LogP contribution in [0.3, 0.4) is 0 Å². The monoisotopic (exact) mass is 458 g/mol. The van der Waals surface area contributed by atoms with Gasteiger partial charge in [-0.05, 0) is 57.5 Å². The van der Waals surface area contributed by atoms with Crippen molar-refractivity contribution >= 4 is 42.8 Å². The number of nitrogens with two attached hydrogens (primary N) is 1. The summed E-state index contributed by atoms with van der Waals surface area (Å²) in [7, 11) is 3.50. The molecule has 1 aliphatic heterocycles. The first-order valence-electron chi connectivity index (χ1n) is 7.18. The van der Waals surface area contributed by atoms with E-state index < -0.39 is 6.04 Å². The molecule has 1 aliphatic rings. The average Bonchev–Trinajstić information content (AvgIpc) is 2.82. The van der Waals surface area contributed by atoms with Crippen LogP contribution in [0, 0.1) is 5.82 Å². The van der Waals surface area contributed by atoms with Crippen LogP contribution in [0.25, 0.3) is 0 Å². The first-order chi connectivity index (χ1) is 11.6. The van der Waals surface area contributed by atoms with Gasteiger partial charge < -0.3 is 5.73 Å². The van der Waals surface area contributed by atoms with Crippen LogP contribution in [-0.4, -0.2) is 29.3 Å². The largest absolute Gasteiger partial charge is 0.326 e. The summed E-state index contributed by atoms with van der Waals surface area (Å²) in [6, 6.07) is 12.4. The Morgan fingerprint density at radius 1 is 1.04 bits per heavy atom. The van der Waals surface area contributed by atoms with Crippen LogP contribution in [0.4, 0.5) is 4.39 Å². The fraction of sp³-hybridized carbons (Fsp3) is 0.176. The molecular weight excluding hydrogens is 442 g/mol. The van der Waals surface area contributed by atoms with Crippen molar-refractivity contribution in [2.45, 2.75) is 12.5 Å². The van der Waals surface area contributed by atoms with Gasteiger partial charge in [-0.2, -0.15) is 0 Å². The predicted molar refractivity (Wildman–Crippen MR) is 103 cm³/mol. The Morgan fingerprint density at radius 3 is 2.17 bits per heavy atom. The molecule has 2 aromatic carbocycles. The van der Waals surface area contributed by atoms with Crippen molar-refractivity contribution in [3.8, 4) is 0 Å². The van der Waals surface area contributed by atoms with Gasteiger partial charge in [0.15, 0.2) is 0 Å². The molecule has 1 unspecified atom stereocenters. The molecule has 2 aromatic rings. The van der Waals surface area contributed by atoms with Gasteiger partial charge in [-0.25, -0.2) is 4.39 Å². The molecule has 0 radical (unpaired) electrons. The van der Waals surface area contributed by atoms with Crippen LogP contribution in [0.1, 0.15) is 26.3 Å². The van der Waals surface area contributed by atoms with Crippen molar-refractivity contribution in [3.63, 3.8) is 0 Å². The lowest BCUT2D eigenvalue weighted by molar-refractivity contribution is 0.0644. The minimum atomic E-state index is -0.441. The van der Waals surface area contributed by atoms with Gasteiger partial charge in [-0.1, -0.05) is 24.3 Å². The lowest BCUT2D eigenvalue weighted by atomic mass is 10.1. The van der Waals surface area contributed by atoms with Gasteiger partial charge in [0.2, 0.25) is 0 Å². The van der Waals surface area contributed by atoms with E-state index in [2.05, 4.69) is 9.80 Å². The Hall–Kier alpha value is -1.45. The van der Waals surface area contributed by atoms with Crippen LogP contribution >= 0.6 is 31.0 Å². The van der Waals surface area contributed by atoms with Crippen LogP contribution in [0.2, 0.25) is 0 Å². The highest BCUT2D eigenvalue weighted by molar-refractivity contribution is 14.2. The average molecular weight is 458 g/mol. The molecule has 126 valence electrons. The van der Waals surface area contributed by atoms with E-state index in [1.807, 2.05) is 21.2 Å². The number of carbonyl (C=O) groups is 2. The molecule has 4 nitrogen and oxygen atoms in total. The molecule has 7 heteroatoms. The minimum Gasteiger partial charge on any atom is -0.326 e. The number of thiol groups is 1. The lowest BCUT2D eigenvalue weighted by Gasteiger charge is -2.19. The third-order valence-corrected chi connectivity index (χ3v) is 3.68. The molecule has 0 fully saturated rings. The highest BCUT2D eigenvalue weighted by atomic mass is 127. The molecule has 0 saturated carbocycles. The molecule has 0 spiro atoms. The van der Waals surface area contributed by atoms with Crippen molar-refractivity contribution in [3.05, 3.63) is 71.0 Å². The van der Waals surface area contributed by atoms with Crippen molar-refractivity contribution in [1.82, 2.24) is 4.90 Å². The molecule has 2 amide bonds. The SMILES string of the molecule is NC(Cc1cccc(F)c1)CN1C(=O)c2ccccc2C1=O.SI. The Labute approximate surface area is 157 Å². The summed E-state index contributed by atoms with van der Waals surface area (Å²) in [5, 5.41) is 0. The molecule has 0 aromatic heterocycles. The highest BCUT2D eigenvalue weighted by Crippen LogP contribution is 2.22. The van der Waals surface area contributed by atoms with Gasteiger partial charge in [0.1, 0.15) is 5.82 Å². The lowest BCUT2D eigenvalue weighted by Crippen LogP contribution is -2.41. The number of nitrogens with zero attached hydrogens (tertiary/aromatic N) is 1. The number of fused-ring (bicyclic) bond motifs is 1. The maximum Gasteiger partial charge on any atom is 0.261 e. The van der Waals surface area contributed by atoms with E-state index in [4.69, 9.17) is 5.73 Å². The number of amides is 2. The quantitative estimate of drug-likeness (QED) is 0.420. The third kappa shape index (κ3) is 4.14. The molecule has 0 aliphatic carbocycles. The van der Waals surface area contributed by atoms with Crippen LogP contribution in [-0.2, 0) is 6.42 Å². The van der Waals surface area contributed by atoms with Crippen molar-refractivity contribution in [2.75, 3.05) is 6.54 Å². The maximum absolute atomic E-state index is 13.2. The van der Waals surface area contributed by atoms with E-state index in [1.54, 1.807) is 36.4 Å². The summed E-state index contributed by atoms with van der Waals surface area (Å²) >= 11 is 1.84. The number of carbonyl (C=O) groups excluding carboxylic acids is 2. The molecule has 2 N–H and O–H groups in total. The van der Waals surface area contributed by atoms with Crippen molar-refractivity contribution in [2.24, 2.45) is 5.73 Å². The fourth-order valence-corrected chi connectivity index (χ4v) is 2.67. The molecule has 1 heterocycles. The first-order valence-corrected chi connectivity index (χ1v) is 10.4. The van der Waals surface area contributed by atoms with E-state index in [0.717, 1.165) is 10.5 Å². The Kier molecular flexibility index (Phi) is 6.76. The molecule has 0 bridgehead atoms. The second kappa shape index (κ2) is 8.59. The van der Waals surface area contributed by atoms with Crippen molar-refractivity contribution in [1.29, 1.82) is 0 Å². The number of hydrogen-bond acceptors (Lipinski definition) is 4. The summed E-state index contributed by atoms with van der Waals surface area (Å²) in [5.41, 5.74) is 7.58. The molecule has 24 heavy (non-hydrogen) atoms. The van der Waals surface area contributed by atoms with Gasteiger partial charge in [0, 0.05) is 12.6 Å². The fourth-order valence-electron chi connectivity index (χ4n) is 2.67. The predicted octanol–water partition coefficient (Wildman–Crippen LogP) is 3.26. The first kappa shape index (κ1) is 18.9. The van der Waals surface area contributed by atoms with Crippen molar-refractivity contribution < 1.29 is 14.0 Å². The molecule has 0 saturated heterocycles. The summed E-state index contributed by atoms with van der Waals surface area (Å²) in [4.78, 5) is 25.6. The Balaban J connectivity index is 0.00000100. The number of halogens is 2. The van der Waals surface area contributed by atoms with Crippen LogP contribution in [0.5, 0.6) is 0 Å². The summed E-state index contributed by atoms with van der Waals surface area (Å²) in [6.07, 6.45) is 0.394. The number of rotatable bonds is 4. The van der Waals surface area contributed by atoms with Crippen LogP contribution in [0.15, 0.2) is 48.5 Å². The van der Waals surface area contributed by atoms with E-state index in [0.29, 0.717) is 17.5 Å². The summed E-state index contributed by atoms with van der Waals surface area (Å²) in [6.45, 7) is 0.114. The zero-order chi connectivity index (χ0) is 17.7. The van der Waals surface area contributed by atoms with Gasteiger partial charge in [0.25, 0.3) is 11.8 Å². The van der Waals surface area contributed by atoms with Crippen LogP contribution < -0.4 is 5.73 Å². The maximum atomic E-state index is 13.2. The molecule has 1 atom stereocenters. The van der Waals surface area contributed by atoms with Gasteiger partial charge in [-0.3, -0.25) is 14.5 Å². The summed E-state index contributed by atoms with van der Waals surface area (Å²) < 4.78 is 13.2. The van der Waals surface area contributed by atoms with Gasteiger partial charge in [0.05, 0.1) is 11.1 Å².